The molecule has 0 fully saturated rings. The second-order valence-electron chi connectivity index (χ2n) is 6.97. The summed E-state index contributed by atoms with van der Waals surface area (Å²) in [6.45, 7) is -0.246. The molecule has 4 aromatic rings. The van der Waals surface area contributed by atoms with Gasteiger partial charge in [-0.05, 0) is 59.3 Å². The van der Waals surface area contributed by atoms with Crippen molar-refractivity contribution in [3.05, 3.63) is 78.3 Å². The van der Waals surface area contributed by atoms with E-state index in [-0.39, 0.29) is 18.6 Å². The highest BCUT2D eigenvalue weighted by atomic mass is 16.7. The molecule has 0 spiro atoms. The van der Waals surface area contributed by atoms with E-state index in [0.717, 1.165) is 17.0 Å². The third kappa shape index (κ3) is 3.61. The molecule has 1 aliphatic heterocycles. The van der Waals surface area contributed by atoms with E-state index in [9.17, 15) is 4.79 Å². The van der Waals surface area contributed by atoms with Gasteiger partial charge < -0.3 is 14.0 Å². The summed E-state index contributed by atoms with van der Waals surface area (Å²) in [7, 11) is 1.62. The molecule has 1 amide bonds. The zero-order chi connectivity index (χ0) is 21.2. The van der Waals surface area contributed by atoms with Crippen LogP contribution in [-0.4, -0.2) is 45.5 Å². The second-order valence-corrected chi connectivity index (χ2v) is 6.97. The predicted octanol–water partition coefficient (Wildman–Crippen LogP) is 2.84. The van der Waals surface area contributed by atoms with E-state index in [2.05, 4.69) is 15.4 Å². The van der Waals surface area contributed by atoms with Crippen molar-refractivity contribution in [1.29, 1.82) is 0 Å². The third-order valence-corrected chi connectivity index (χ3v) is 5.09. The minimum absolute atomic E-state index is 0.246. The number of fused-ring (bicyclic) bond motifs is 1. The van der Waals surface area contributed by atoms with Crippen molar-refractivity contribution >= 4 is 22.7 Å². The number of methoxy groups -OCH3 is 1. The van der Waals surface area contributed by atoms with Crippen LogP contribution in [0.1, 0.15) is 23.8 Å². The number of hydrogen-bond acceptors (Lipinski definition) is 7. The van der Waals surface area contributed by atoms with Gasteiger partial charge in [-0.2, -0.15) is 5.10 Å². The number of amides is 1. The maximum atomic E-state index is 13.0. The fourth-order valence-electron chi connectivity index (χ4n) is 3.53. The van der Waals surface area contributed by atoms with E-state index in [0.29, 0.717) is 23.2 Å². The normalized spacial score (nSPS) is 15.8. The van der Waals surface area contributed by atoms with Crippen molar-refractivity contribution in [1.82, 2.24) is 20.2 Å². The van der Waals surface area contributed by atoms with Gasteiger partial charge in [0.15, 0.2) is 6.61 Å². The molecule has 2 aromatic carbocycles. The Bertz CT molecular complexity index is 1230. The first-order chi connectivity index (χ1) is 15.2. The lowest BCUT2D eigenvalue weighted by molar-refractivity contribution is -0.139. The van der Waals surface area contributed by atoms with E-state index in [1.165, 1.54) is 9.85 Å². The number of ether oxygens (including phenoxy) is 1. The standard InChI is InChI=1S/C22H19N5O4/c1-29-16-10-8-15(9-11-16)18-13-20(21-7-4-12-30-21)26(24-18)22(28)14-31-27-19-6-3-2-5-17(19)23-25-27/h2-12,20H,13-14H2,1H3/t20-/m1/s1. The van der Waals surface area contributed by atoms with Crippen LogP contribution in [0.25, 0.3) is 11.0 Å². The van der Waals surface area contributed by atoms with E-state index >= 15 is 0 Å². The Labute approximate surface area is 177 Å². The zero-order valence-electron chi connectivity index (χ0n) is 16.7. The molecule has 2 aromatic heterocycles. The van der Waals surface area contributed by atoms with Crippen LogP contribution in [0.3, 0.4) is 0 Å². The summed E-state index contributed by atoms with van der Waals surface area (Å²) in [5.41, 5.74) is 3.06. The van der Waals surface area contributed by atoms with Gasteiger partial charge in [0.2, 0.25) is 0 Å². The minimum Gasteiger partial charge on any atom is -0.497 e. The Morgan fingerprint density at radius 1 is 1.13 bits per heavy atom. The van der Waals surface area contributed by atoms with E-state index in [1.807, 2.05) is 54.6 Å². The Balaban J connectivity index is 1.38. The van der Waals surface area contributed by atoms with Crippen molar-refractivity contribution in [3.8, 4) is 5.75 Å². The van der Waals surface area contributed by atoms with Gasteiger partial charge in [0, 0.05) is 6.42 Å². The lowest BCUT2D eigenvalue weighted by atomic mass is 10.0. The molecule has 5 rings (SSSR count). The first kappa shape index (κ1) is 18.9. The number of carbonyl (C=O) groups excluding carboxylic acids is 1. The first-order valence-electron chi connectivity index (χ1n) is 9.74. The van der Waals surface area contributed by atoms with Crippen molar-refractivity contribution < 1.29 is 18.8 Å². The number of nitrogens with zero attached hydrogens (tertiary/aromatic N) is 5. The van der Waals surface area contributed by atoms with Crippen molar-refractivity contribution in [2.24, 2.45) is 5.10 Å². The fourth-order valence-corrected chi connectivity index (χ4v) is 3.53. The summed E-state index contributed by atoms with van der Waals surface area (Å²) in [5.74, 6) is 1.10. The molecule has 0 aliphatic carbocycles. The molecule has 9 heteroatoms. The van der Waals surface area contributed by atoms with E-state index in [1.54, 1.807) is 19.4 Å². The van der Waals surface area contributed by atoms with Crippen molar-refractivity contribution in [3.63, 3.8) is 0 Å². The summed E-state index contributed by atoms with van der Waals surface area (Å²) in [5, 5.41) is 14.0. The number of benzene rings is 2. The van der Waals surface area contributed by atoms with Crippen LogP contribution < -0.4 is 9.57 Å². The van der Waals surface area contributed by atoms with Gasteiger partial charge in [-0.1, -0.05) is 17.0 Å². The van der Waals surface area contributed by atoms with Crippen LogP contribution in [0.2, 0.25) is 0 Å². The number of hydrogen-bond donors (Lipinski definition) is 0. The second kappa shape index (κ2) is 7.94. The molecule has 0 bridgehead atoms. The molecule has 0 unspecified atom stereocenters. The van der Waals surface area contributed by atoms with Gasteiger partial charge in [-0.25, -0.2) is 5.01 Å². The molecule has 1 atom stereocenters. The van der Waals surface area contributed by atoms with Gasteiger partial charge in [-0.15, -0.1) is 5.10 Å². The Morgan fingerprint density at radius 2 is 1.97 bits per heavy atom. The number of hydrazone groups is 1. The van der Waals surface area contributed by atoms with Crippen LogP contribution in [-0.2, 0) is 4.79 Å². The molecular formula is C22H19N5O4. The molecule has 9 nitrogen and oxygen atoms in total. The maximum Gasteiger partial charge on any atom is 0.284 e. The number of carbonyl (C=O) groups is 1. The molecule has 0 saturated heterocycles. The van der Waals surface area contributed by atoms with Gasteiger partial charge in [0.05, 0.1) is 19.1 Å². The van der Waals surface area contributed by atoms with Gasteiger partial charge in [-0.3, -0.25) is 4.79 Å². The van der Waals surface area contributed by atoms with Gasteiger partial charge in [0.25, 0.3) is 5.91 Å². The first-order valence-corrected chi connectivity index (χ1v) is 9.74. The Morgan fingerprint density at radius 3 is 2.74 bits per heavy atom. The van der Waals surface area contributed by atoms with Crippen LogP contribution in [0.5, 0.6) is 5.75 Å². The highest BCUT2D eigenvalue weighted by Crippen LogP contribution is 2.33. The highest BCUT2D eigenvalue weighted by Gasteiger charge is 2.35. The average Bonchev–Trinajstić information content (AvgIpc) is 3.57. The number of furan rings is 1. The molecule has 0 N–H and O–H groups in total. The summed E-state index contributed by atoms with van der Waals surface area (Å²) in [6, 6.07) is 18.2. The molecule has 0 saturated carbocycles. The summed E-state index contributed by atoms with van der Waals surface area (Å²) in [6.07, 6.45) is 2.11. The number of para-hydroxylation sites is 1. The van der Waals surface area contributed by atoms with Crippen LogP contribution in [0, 0.1) is 0 Å². The number of aromatic nitrogens is 3. The van der Waals surface area contributed by atoms with E-state index in [4.69, 9.17) is 14.0 Å². The Kier molecular flexibility index (Phi) is 4.83. The van der Waals surface area contributed by atoms with Gasteiger partial charge >= 0.3 is 0 Å². The lowest BCUT2D eigenvalue weighted by Gasteiger charge is -2.19. The van der Waals surface area contributed by atoms with Crippen molar-refractivity contribution in [2.45, 2.75) is 12.5 Å². The quantitative estimate of drug-likeness (QED) is 0.479. The average molecular weight is 417 g/mol. The largest absolute Gasteiger partial charge is 0.497 e. The third-order valence-electron chi connectivity index (χ3n) is 5.09. The zero-order valence-corrected chi connectivity index (χ0v) is 16.7. The van der Waals surface area contributed by atoms with Crippen molar-refractivity contribution in [2.75, 3.05) is 13.7 Å². The predicted molar refractivity (Wildman–Crippen MR) is 111 cm³/mol. The molecule has 31 heavy (non-hydrogen) atoms. The van der Waals surface area contributed by atoms with E-state index < -0.39 is 0 Å². The van der Waals surface area contributed by atoms with Gasteiger partial charge in [0.1, 0.15) is 28.6 Å². The van der Waals surface area contributed by atoms with Crippen LogP contribution in [0.4, 0.5) is 0 Å². The molecule has 156 valence electrons. The highest BCUT2D eigenvalue weighted by molar-refractivity contribution is 6.03. The van der Waals surface area contributed by atoms with Crippen LogP contribution >= 0.6 is 0 Å². The minimum atomic E-state index is -0.351. The molecular weight excluding hydrogens is 398 g/mol. The fraction of sp³-hybridized carbons (Fsp3) is 0.182. The smallest absolute Gasteiger partial charge is 0.284 e. The topological polar surface area (TPSA) is 95.0 Å². The monoisotopic (exact) mass is 417 g/mol. The maximum absolute atomic E-state index is 13.0. The molecule has 3 heterocycles. The lowest BCUT2D eigenvalue weighted by Crippen LogP contribution is -2.33. The molecule has 1 aliphatic rings. The Hall–Kier alpha value is -4.14. The van der Waals surface area contributed by atoms with Crippen LogP contribution in [0.15, 0.2) is 76.4 Å². The summed E-state index contributed by atoms with van der Waals surface area (Å²) >= 11 is 0. The SMILES string of the molecule is COc1ccc(C2=NN(C(=O)COn3nnc4ccccc43)[C@@H](c3ccco3)C2)cc1. The number of rotatable bonds is 6. The summed E-state index contributed by atoms with van der Waals surface area (Å²) in [4.78, 5) is 19.9. The summed E-state index contributed by atoms with van der Waals surface area (Å²) < 4.78 is 10.8. The molecule has 0 radical (unpaired) electrons.